The molecule has 0 amide bonds. The predicted octanol–water partition coefficient (Wildman–Crippen LogP) is 3.65. The van der Waals surface area contributed by atoms with Gasteiger partial charge in [0.05, 0.1) is 16.8 Å². The normalized spacial score (nSPS) is 29.2. The van der Waals surface area contributed by atoms with E-state index in [0.29, 0.717) is 5.56 Å². The molecule has 1 aliphatic carbocycles. The maximum Gasteiger partial charge on any atom is 0.461 e. The predicted molar refractivity (Wildman–Crippen MR) is 78.3 cm³/mol. The minimum absolute atomic E-state index is 0.0769. The van der Waals surface area contributed by atoms with E-state index in [1.54, 1.807) is 12.1 Å². The van der Waals surface area contributed by atoms with Gasteiger partial charge in [-0.05, 0) is 51.7 Å². The van der Waals surface area contributed by atoms with Crippen LogP contribution in [0.1, 0.15) is 51.2 Å². The molecule has 0 bridgehead atoms. The Bertz CT molecular complexity index is 607. The minimum atomic E-state index is -0.399. The van der Waals surface area contributed by atoms with Crippen LogP contribution in [0.2, 0.25) is 5.82 Å². The lowest BCUT2D eigenvalue weighted by molar-refractivity contribution is 0.00578. The fraction of sp³-hybridized carbons (Fsp3) is 0.562. The van der Waals surface area contributed by atoms with Crippen LogP contribution in [-0.4, -0.2) is 18.3 Å². The molecule has 1 aromatic rings. The van der Waals surface area contributed by atoms with Crippen molar-refractivity contribution in [2.75, 3.05) is 0 Å². The van der Waals surface area contributed by atoms with Gasteiger partial charge in [-0.25, -0.2) is 4.39 Å². The fourth-order valence-electron chi connectivity index (χ4n) is 2.86. The van der Waals surface area contributed by atoms with Gasteiger partial charge in [0.1, 0.15) is 11.9 Å². The van der Waals surface area contributed by atoms with E-state index in [-0.39, 0.29) is 35.6 Å². The Kier molecular flexibility index (Phi) is 3.16. The Balaban J connectivity index is 1.78. The molecule has 1 saturated carbocycles. The van der Waals surface area contributed by atoms with Crippen molar-refractivity contribution >= 4 is 7.12 Å². The summed E-state index contributed by atoms with van der Waals surface area (Å²) in [6, 6.07) is 6.89. The monoisotopic (exact) mass is 287 g/mol. The average molecular weight is 287 g/mol. The largest absolute Gasteiger partial charge is 0.461 e. The lowest BCUT2D eigenvalue weighted by atomic mass is 9.79. The van der Waals surface area contributed by atoms with E-state index in [0.717, 1.165) is 6.42 Å². The Morgan fingerprint density at radius 3 is 2.43 bits per heavy atom. The third-order valence-corrected chi connectivity index (χ3v) is 5.01. The highest BCUT2D eigenvalue weighted by Crippen LogP contribution is 2.58. The highest BCUT2D eigenvalue weighted by Gasteiger charge is 2.60. The molecule has 0 spiro atoms. The summed E-state index contributed by atoms with van der Waals surface area (Å²) in [5.41, 5.74) is -0.0174. The van der Waals surface area contributed by atoms with E-state index in [1.165, 1.54) is 6.07 Å². The molecule has 110 valence electrons. The summed E-state index contributed by atoms with van der Waals surface area (Å²) in [6.07, 6.45) is 0.836. The SMILES string of the molecule is CC1(C)OB(C2CC2c2cccc(C#N)c2F)OC1(C)C. The van der Waals surface area contributed by atoms with Gasteiger partial charge in [0.15, 0.2) is 0 Å². The summed E-state index contributed by atoms with van der Waals surface area (Å²) in [6.45, 7) is 8.06. The van der Waals surface area contributed by atoms with E-state index in [2.05, 4.69) is 0 Å². The molecule has 2 atom stereocenters. The molecule has 2 unspecified atom stereocenters. The zero-order valence-electron chi connectivity index (χ0n) is 12.8. The van der Waals surface area contributed by atoms with E-state index >= 15 is 0 Å². The van der Waals surface area contributed by atoms with Gasteiger partial charge in [-0.2, -0.15) is 5.26 Å². The Hall–Kier alpha value is -1.38. The summed E-state index contributed by atoms with van der Waals surface area (Å²) in [5.74, 6) is -0.161. The fourth-order valence-corrected chi connectivity index (χ4v) is 2.86. The number of nitriles is 1. The highest BCUT2D eigenvalue weighted by molar-refractivity contribution is 6.49. The minimum Gasteiger partial charge on any atom is -0.403 e. The summed E-state index contributed by atoms with van der Waals surface area (Å²) >= 11 is 0. The van der Waals surface area contributed by atoms with Crippen molar-refractivity contribution in [3.8, 4) is 6.07 Å². The zero-order valence-corrected chi connectivity index (χ0v) is 12.8. The number of benzene rings is 1. The molecule has 3 nitrogen and oxygen atoms in total. The summed E-state index contributed by atoms with van der Waals surface area (Å²) in [7, 11) is -0.301. The number of rotatable bonds is 2. The van der Waals surface area contributed by atoms with Crippen LogP contribution < -0.4 is 0 Å². The van der Waals surface area contributed by atoms with Crippen LogP contribution in [0.3, 0.4) is 0 Å². The molecule has 21 heavy (non-hydrogen) atoms. The van der Waals surface area contributed by atoms with Gasteiger partial charge >= 0.3 is 7.12 Å². The van der Waals surface area contributed by atoms with Crippen LogP contribution in [0.4, 0.5) is 4.39 Å². The van der Waals surface area contributed by atoms with Gasteiger partial charge in [0.25, 0.3) is 0 Å². The third-order valence-electron chi connectivity index (χ3n) is 5.01. The Labute approximate surface area is 125 Å². The molecule has 0 N–H and O–H groups in total. The third kappa shape index (κ3) is 2.27. The summed E-state index contributed by atoms with van der Waals surface area (Å²) in [5, 5.41) is 8.92. The Morgan fingerprint density at radius 1 is 1.24 bits per heavy atom. The number of halogens is 1. The number of nitrogens with zero attached hydrogens (tertiary/aromatic N) is 1. The van der Waals surface area contributed by atoms with Gasteiger partial charge < -0.3 is 9.31 Å². The van der Waals surface area contributed by atoms with Crippen LogP contribution in [0.25, 0.3) is 0 Å². The molecule has 0 aromatic heterocycles. The van der Waals surface area contributed by atoms with Crippen molar-refractivity contribution in [3.63, 3.8) is 0 Å². The summed E-state index contributed by atoms with van der Waals surface area (Å²) in [4.78, 5) is 0. The van der Waals surface area contributed by atoms with Crippen molar-refractivity contribution in [2.45, 2.75) is 57.1 Å². The van der Waals surface area contributed by atoms with Gasteiger partial charge in [-0.1, -0.05) is 12.1 Å². The molecule has 0 radical (unpaired) electrons. The van der Waals surface area contributed by atoms with Crippen LogP contribution in [0.5, 0.6) is 0 Å². The lowest BCUT2D eigenvalue weighted by Crippen LogP contribution is -2.41. The maximum absolute atomic E-state index is 14.2. The molecule has 2 fully saturated rings. The van der Waals surface area contributed by atoms with Crippen LogP contribution in [0, 0.1) is 17.1 Å². The van der Waals surface area contributed by atoms with Gasteiger partial charge in [-0.3, -0.25) is 0 Å². The lowest BCUT2D eigenvalue weighted by Gasteiger charge is -2.32. The van der Waals surface area contributed by atoms with Crippen molar-refractivity contribution < 1.29 is 13.7 Å². The van der Waals surface area contributed by atoms with Crippen molar-refractivity contribution in [1.29, 1.82) is 5.26 Å². The standard InChI is InChI=1S/C16H19BFNO2/c1-15(2)16(3,4)21-17(20-15)13-8-12(13)11-7-5-6-10(9-19)14(11)18/h5-7,12-13H,8H2,1-4H3. The summed E-state index contributed by atoms with van der Waals surface area (Å²) < 4.78 is 26.3. The molecule has 1 saturated heterocycles. The number of hydrogen-bond donors (Lipinski definition) is 0. The Morgan fingerprint density at radius 2 is 1.86 bits per heavy atom. The zero-order chi connectivity index (χ0) is 15.4. The molecule has 1 aromatic carbocycles. The molecule has 3 rings (SSSR count). The first-order valence-corrected chi connectivity index (χ1v) is 7.31. The van der Waals surface area contributed by atoms with Crippen molar-refractivity contribution in [3.05, 3.63) is 35.1 Å². The average Bonchev–Trinajstić information content (AvgIpc) is 3.13. The second-order valence-electron chi connectivity index (χ2n) is 6.95. The topological polar surface area (TPSA) is 42.2 Å². The highest BCUT2D eigenvalue weighted by atomic mass is 19.1. The molecular formula is C16H19BFNO2. The molecular weight excluding hydrogens is 268 g/mol. The van der Waals surface area contributed by atoms with E-state index in [1.807, 2.05) is 33.8 Å². The van der Waals surface area contributed by atoms with Crippen molar-refractivity contribution in [2.24, 2.45) is 0 Å². The molecule has 5 heteroatoms. The first kappa shape index (κ1) is 14.6. The molecule has 2 aliphatic rings. The van der Waals surface area contributed by atoms with Crippen molar-refractivity contribution in [1.82, 2.24) is 0 Å². The second-order valence-corrected chi connectivity index (χ2v) is 6.95. The van der Waals surface area contributed by atoms with Crippen LogP contribution in [-0.2, 0) is 9.31 Å². The second kappa shape index (κ2) is 4.56. The first-order valence-electron chi connectivity index (χ1n) is 7.31. The maximum atomic E-state index is 14.2. The molecule has 1 heterocycles. The van der Waals surface area contributed by atoms with E-state index in [9.17, 15) is 4.39 Å². The van der Waals surface area contributed by atoms with E-state index < -0.39 is 5.82 Å². The van der Waals surface area contributed by atoms with Gasteiger partial charge in [0.2, 0.25) is 0 Å². The van der Waals surface area contributed by atoms with Gasteiger partial charge in [-0.15, -0.1) is 0 Å². The van der Waals surface area contributed by atoms with E-state index in [4.69, 9.17) is 14.6 Å². The smallest absolute Gasteiger partial charge is 0.403 e. The first-order chi connectivity index (χ1) is 9.77. The quantitative estimate of drug-likeness (QED) is 0.780. The van der Waals surface area contributed by atoms with Gasteiger partial charge in [0, 0.05) is 5.82 Å². The van der Waals surface area contributed by atoms with Crippen LogP contribution in [0.15, 0.2) is 18.2 Å². The molecule has 1 aliphatic heterocycles. The van der Waals surface area contributed by atoms with Crippen LogP contribution >= 0.6 is 0 Å². The number of hydrogen-bond acceptors (Lipinski definition) is 3.